The molecule has 192 valence electrons. The summed E-state index contributed by atoms with van der Waals surface area (Å²) in [6.07, 6.45) is 2.91. The molecule has 0 aromatic heterocycles. The van der Waals surface area contributed by atoms with E-state index in [9.17, 15) is 18.0 Å². The number of amides is 2. The lowest BCUT2D eigenvalue weighted by Crippen LogP contribution is -2.53. The molecule has 0 saturated carbocycles. The molecule has 0 aliphatic carbocycles. The van der Waals surface area contributed by atoms with Gasteiger partial charge >= 0.3 is 0 Å². The lowest BCUT2D eigenvalue weighted by Gasteiger charge is -2.33. The van der Waals surface area contributed by atoms with Crippen LogP contribution in [0.2, 0.25) is 0 Å². The largest absolute Gasteiger partial charge is 0.354 e. The maximum atomic E-state index is 13.6. The van der Waals surface area contributed by atoms with Gasteiger partial charge in [-0.15, -0.1) is 0 Å². The van der Waals surface area contributed by atoms with Gasteiger partial charge in [0.25, 0.3) is 0 Å². The zero-order valence-electron chi connectivity index (χ0n) is 21.5. The van der Waals surface area contributed by atoms with Gasteiger partial charge in [0.05, 0.1) is 11.9 Å². The topological polar surface area (TPSA) is 86.8 Å². The fraction of sp³-hybridized carbons (Fsp3) is 0.481. The van der Waals surface area contributed by atoms with Crippen molar-refractivity contribution in [2.24, 2.45) is 5.92 Å². The third kappa shape index (κ3) is 8.69. The fourth-order valence-electron chi connectivity index (χ4n) is 3.83. The number of aryl methyl sites for hydroxylation is 1. The van der Waals surface area contributed by atoms with Crippen molar-refractivity contribution < 1.29 is 18.0 Å². The molecule has 0 radical (unpaired) electrons. The van der Waals surface area contributed by atoms with Gasteiger partial charge in [-0.05, 0) is 48.4 Å². The lowest BCUT2D eigenvalue weighted by molar-refractivity contribution is -0.139. The van der Waals surface area contributed by atoms with Crippen LogP contribution >= 0.6 is 0 Å². The number of carbonyl (C=O) groups is 2. The van der Waals surface area contributed by atoms with Crippen molar-refractivity contribution in [3.63, 3.8) is 0 Å². The number of sulfonamides is 1. The van der Waals surface area contributed by atoms with E-state index in [1.807, 2.05) is 70.2 Å². The van der Waals surface area contributed by atoms with Gasteiger partial charge in [-0.3, -0.25) is 13.9 Å². The smallest absolute Gasteiger partial charge is 0.244 e. The van der Waals surface area contributed by atoms with E-state index in [1.54, 1.807) is 12.1 Å². The second-order valence-corrected chi connectivity index (χ2v) is 11.1. The highest BCUT2D eigenvalue weighted by atomic mass is 32.2. The molecular weight excluding hydrogens is 462 g/mol. The first-order chi connectivity index (χ1) is 16.6. The fourth-order valence-corrected chi connectivity index (χ4v) is 4.68. The average molecular weight is 502 g/mol. The molecule has 0 fully saturated rings. The molecule has 2 aromatic rings. The molecular formula is C27H39N3O4S. The van der Waals surface area contributed by atoms with Gasteiger partial charge < -0.3 is 10.2 Å². The Morgan fingerprint density at radius 1 is 0.943 bits per heavy atom. The van der Waals surface area contributed by atoms with E-state index in [1.165, 1.54) is 4.90 Å². The molecule has 8 heteroatoms. The van der Waals surface area contributed by atoms with Crippen molar-refractivity contribution in [3.05, 3.63) is 65.7 Å². The van der Waals surface area contributed by atoms with Crippen LogP contribution in [0, 0.1) is 5.92 Å². The Hall–Kier alpha value is -2.87. The van der Waals surface area contributed by atoms with E-state index in [-0.39, 0.29) is 18.4 Å². The van der Waals surface area contributed by atoms with E-state index in [4.69, 9.17) is 0 Å². The van der Waals surface area contributed by atoms with Crippen LogP contribution in [0.4, 0.5) is 5.69 Å². The summed E-state index contributed by atoms with van der Waals surface area (Å²) >= 11 is 0. The van der Waals surface area contributed by atoms with E-state index < -0.39 is 22.0 Å². The summed E-state index contributed by atoms with van der Waals surface area (Å²) in [5, 5.41) is 2.93. The number of anilines is 1. The van der Waals surface area contributed by atoms with Gasteiger partial charge in [0.1, 0.15) is 12.6 Å². The van der Waals surface area contributed by atoms with Crippen molar-refractivity contribution in [2.45, 2.75) is 53.0 Å². The molecule has 0 saturated heterocycles. The number of rotatable bonds is 13. The highest BCUT2D eigenvalue weighted by molar-refractivity contribution is 7.92. The zero-order valence-corrected chi connectivity index (χ0v) is 22.3. The van der Waals surface area contributed by atoms with Crippen LogP contribution in [0.1, 0.15) is 45.2 Å². The summed E-state index contributed by atoms with van der Waals surface area (Å²) in [5.74, 6) is -0.352. The molecule has 35 heavy (non-hydrogen) atoms. The van der Waals surface area contributed by atoms with Crippen LogP contribution in [0.25, 0.3) is 0 Å². The Labute approximate surface area is 210 Å². The first kappa shape index (κ1) is 28.4. The van der Waals surface area contributed by atoms with Gasteiger partial charge in [-0.2, -0.15) is 0 Å². The molecule has 7 nitrogen and oxygen atoms in total. The number of nitrogens with zero attached hydrogens (tertiary/aromatic N) is 2. The van der Waals surface area contributed by atoms with Crippen LogP contribution in [0.3, 0.4) is 0 Å². The normalized spacial score (nSPS) is 12.3. The quantitative estimate of drug-likeness (QED) is 0.454. The van der Waals surface area contributed by atoms with E-state index >= 15 is 0 Å². The Balaban J connectivity index is 2.33. The molecule has 0 aliphatic heterocycles. The molecule has 1 N–H and O–H groups in total. The summed E-state index contributed by atoms with van der Waals surface area (Å²) in [5.41, 5.74) is 2.54. The van der Waals surface area contributed by atoms with E-state index in [0.717, 1.165) is 28.1 Å². The summed E-state index contributed by atoms with van der Waals surface area (Å²) in [4.78, 5) is 28.2. The first-order valence-corrected chi connectivity index (χ1v) is 14.1. The number of hydrogen-bond donors (Lipinski definition) is 1. The van der Waals surface area contributed by atoms with Crippen molar-refractivity contribution in [1.29, 1.82) is 0 Å². The van der Waals surface area contributed by atoms with Gasteiger partial charge in [0.15, 0.2) is 0 Å². The summed E-state index contributed by atoms with van der Waals surface area (Å²) in [6.45, 7) is 8.35. The Morgan fingerprint density at radius 2 is 1.57 bits per heavy atom. The maximum absolute atomic E-state index is 13.6. The molecule has 1 atom stereocenters. The van der Waals surface area contributed by atoms with Crippen LogP contribution < -0.4 is 9.62 Å². The average Bonchev–Trinajstić information content (AvgIpc) is 2.83. The SMILES string of the molecule is CCc1ccc(N(CC(=O)N(CCc2ccccc2)C(CC)C(=O)NCC(C)C)S(C)(=O)=O)cc1. The van der Waals surface area contributed by atoms with Gasteiger partial charge in [-0.1, -0.05) is 70.2 Å². The molecule has 0 spiro atoms. The predicted molar refractivity (Wildman–Crippen MR) is 142 cm³/mol. The number of nitrogens with one attached hydrogen (secondary N) is 1. The minimum atomic E-state index is -3.72. The van der Waals surface area contributed by atoms with Crippen LogP contribution in [0.5, 0.6) is 0 Å². The third-order valence-electron chi connectivity index (χ3n) is 5.87. The Kier molecular flexibility index (Phi) is 10.8. The zero-order chi connectivity index (χ0) is 26.0. The molecule has 2 rings (SSSR count). The number of benzene rings is 2. The molecule has 2 aromatic carbocycles. The lowest BCUT2D eigenvalue weighted by atomic mass is 10.1. The molecule has 2 amide bonds. The minimum absolute atomic E-state index is 0.221. The number of carbonyl (C=O) groups excluding carboxylic acids is 2. The van der Waals surface area contributed by atoms with Crippen molar-refractivity contribution in [2.75, 3.05) is 30.2 Å². The highest BCUT2D eigenvalue weighted by Crippen LogP contribution is 2.20. The second-order valence-electron chi connectivity index (χ2n) is 9.18. The van der Waals surface area contributed by atoms with Crippen LogP contribution in [0.15, 0.2) is 54.6 Å². The van der Waals surface area contributed by atoms with Gasteiger partial charge in [0, 0.05) is 13.1 Å². The van der Waals surface area contributed by atoms with Crippen LogP contribution in [-0.4, -0.2) is 57.1 Å². The van der Waals surface area contributed by atoms with Crippen molar-refractivity contribution in [1.82, 2.24) is 10.2 Å². The molecule has 1 unspecified atom stereocenters. The maximum Gasteiger partial charge on any atom is 0.244 e. The van der Waals surface area contributed by atoms with Gasteiger partial charge in [0.2, 0.25) is 21.8 Å². The monoisotopic (exact) mass is 501 g/mol. The Morgan fingerprint density at radius 3 is 2.09 bits per heavy atom. The summed E-state index contributed by atoms with van der Waals surface area (Å²) in [7, 11) is -3.72. The molecule has 0 bridgehead atoms. The highest BCUT2D eigenvalue weighted by Gasteiger charge is 2.31. The van der Waals surface area contributed by atoms with Gasteiger partial charge in [-0.25, -0.2) is 8.42 Å². The minimum Gasteiger partial charge on any atom is -0.354 e. The van der Waals surface area contributed by atoms with E-state index in [2.05, 4.69) is 5.32 Å². The second kappa shape index (κ2) is 13.3. The first-order valence-electron chi connectivity index (χ1n) is 12.2. The van der Waals surface area contributed by atoms with Crippen molar-refractivity contribution in [3.8, 4) is 0 Å². The third-order valence-corrected chi connectivity index (χ3v) is 7.01. The number of hydrogen-bond acceptors (Lipinski definition) is 4. The predicted octanol–water partition coefficient (Wildman–Crippen LogP) is 3.64. The van der Waals surface area contributed by atoms with E-state index in [0.29, 0.717) is 31.6 Å². The van der Waals surface area contributed by atoms with Crippen LogP contribution in [-0.2, 0) is 32.5 Å². The molecule has 0 heterocycles. The molecule has 0 aliphatic rings. The summed E-state index contributed by atoms with van der Waals surface area (Å²) in [6, 6.07) is 16.2. The standard InChI is InChI=1S/C27H39N3O4S/c1-6-22-13-15-24(16-14-22)30(35(5,33)34)20-26(31)29(18-17-23-11-9-8-10-12-23)25(7-2)27(32)28-19-21(3)4/h8-16,21,25H,6-7,17-20H2,1-5H3,(H,28,32). The summed E-state index contributed by atoms with van der Waals surface area (Å²) < 4.78 is 26.4. The van der Waals surface area contributed by atoms with Crippen molar-refractivity contribution >= 4 is 27.5 Å². The Bertz CT molecular complexity index is 1050.